The second-order valence-corrected chi connectivity index (χ2v) is 10.3. The molecule has 3 heterocycles. The number of nitrogens with one attached hydrogen (secondary N) is 1. The van der Waals surface area contributed by atoms with Crippen molar-refractivity contribution < 1.29 is 4.79 Å². The maximum atomic E-state index is 12.8. The standard InChI is InChI=1S/C24H24BrN5OS/c1-14-12-17(15(2)29(14)19-10-8-18(25)9-11-19)13-20-21(26)30-24(27-22(20)31)32-23(28-30)16-6-4-3-5-7-16/h8-13,16,26H,3-7H2,1-2H3. The second kappa shape index (κ2) is 8.48. The van der Waals surface area contributed by atoms with Crippen molar-refractivity contribution in [3.05, 3.63) is 57.3 Å². The van der Waals surface area contributed by atoms with Crippen LogP contribution in [0.15, 0.2) is 50.5 Å². The van der Waals surface area contributed by atoms with Crippen LogP contribution in [0.2, 0.25) is 0 Å². The molecular formula is C24H24BrN5OS. The van der Waals surface area contributed by atoms with Gasteiger partial charge in [-0.1, -0.05) is 35.2 Å². The van der Waals surface area contributed by atoms with Crippen LogP contribution in [0.3, 0.4) is 0 Å². The van der Waals surface area contributed by atoms with E-state index in [9.17, 15) is 4.79 Å². The van der Waals surface area contributed by atoms with E-state index in [1.807, 2.05) is 44.2 Å². The highest BCUT2D eigenvalue weighted by atomic mass is 79.9. The van der Waals surface area contributed by atoms with Crippen molar-refractivity contribution in [2.75, 3.05) is 0 Å². The minimum Gasteiger partial charge on any atom is -0.318 e. The zero-order valence-electron chi connectivity index (χ0n) is 18.1. The summed E-state index contributed by atoms with van der Waals surface area (Å²) in [5.74, 6) is 0.149. The van der Waals surface area contributed by atoms with Gasteiger partial charge in [0.2, 0.25) is 5.17 Å². The van der Waals surface area contributed by atoms with E-state index in [1.165, 1.54) is 36.0 Å². The van der Waals surface area contributed by atoms with Crippen LogP contribution in [0, 0.1) is 25.2 Å². The monoisotopic (exact) mass is 509 g/mol. The van der Waals surface area contributed by atoms with Gasteiger partial charge >= 0.3 is 0 Å². The lowest BCUT2D eigenvalue weighted by Crippen LogP contribution is -2.35. The molecule has 32 heavy (non-hydrogen) atoms. The number of rotatable bonds is 3. The largest absolute Gasteiger partial charge is 0.318 e. The topological polar surface area (TPSA) is 73.8 Å². The number of nitrogens with zero attached hydrogens (tertiary/aromatic N) is 4. The molecule has 0 radical (unpaired) electrons. The summed E-state index contributed by atoms with van der Waals surface area (Å²) in [5, 5.41) is 16.4. The number of fused-ring (bicyclic) bond motifs is 1. The van der Waals surface area contributed by atoms with E-state index in [0.717, 1.165) is 45.0 Å². The summed E-state index contributed by atoms with van der Waals surface area (Å²) >= 11 is 4.94. The van der Waals surface area contributed by atoms with Crippen molar-refractivity contribution >= 4 is 55.7 Å². The molecular weight excluding hydrogens is 486 g/mol. The molecule has 5 rings (SSSR count). The summed E-state index contributed by atoms with van der Waals surface area (Å²) in [5.41, 5.74) is 4.30. The maximum absolute atomic E-state index is 12.8. The summed E-state index contributed by atoms with van der Waals surface area (Å²) < 4.78 is 3.17. The van der Waals surface area contributed by atoms with Crippen LogP contribution in [0.4, 0.5) is 0 Å². The number of halogens is 1. The first-order chi connectivity index (χ1) is 15.4. The number of amides is 1. The molecule has 8 heteroatoms. The molecule has 3 aliphatic rings. The number of carbonyl (C=O) groups excluding carboxylic acids is 1. The minimum absolute atomic E-state index is 0.103. The molecule has 1 aromatic heterocycles. The number of aromatic nitrogens is 1. The first kappa shape index (κ1) is 21.4. The highest BCUT2D eigenvalue weighted by Crippen LogP contribution is 2.36. The molecule has 2 aliphatic heterocycles. The smallest absolute Gasteiger partial charge is 0.283 e. The molecule has 1 amide bonds. The van der Waals surface area contributed by atoms with Gasteiger partial charge in [-0.3, -0.25) is 10.2 Å². The van der Waals surface area contributed by atoms with Gasteiger partial charge < -0.3 is 4.57 Å². The quantitative estimate of drug-likeness (QED) is 0.511. The predicted molar refractivity (Wildman–Crippen MR) is 135 cm³/mol. The van der Waals surface area contributed by atoms with Crippen molar-refractivity contribution in [1.29, 1.82) is 5.41 Å². The van der Waals surface area contributed by atoms with Gasteiger partial charge in [-0.2, -0.15) is 15.1 Å². The van der Waals surface area contributed by atoms with Gasteiger partial charge in [-0.25, -0.2) is 0 Å². The van der Waals surface area contributed by atoms with E-state index in [0.29, 0.717) is 11.1 Å². The third kappa shape index (κ3) is 3.79. The van der Waals surface area contributed by atoms with E-state index in [2.05, 4.69) is 25.5 Å². The van der Waals surface area contributed by atoms with Crippen LogP contribution in [-0.4, -0.2) is 31.5 Å². The Bertz CT molecular complexity index is 1200. The molecule has 0 unspecified atom stereocenters. The number of carbonyl (C=O) groups is 1. The Balaban J connectivity index is 1.47. The lowest BCUT2D eigenvalue weighted by molar-refractivity contribution is -0.114. The molecule has 0 atom stereocenters. The number of aryl methyl sites for hydroxylation is 1. The first-order valence-corrected chi connectivity index (χ1v) is 12.5. The fourth-order valence-corrected chi connectivity index (χ4v) is 5.92. The number of amidine groups is 2. The Labute approximate surface area is 200 Å². The summed E-state index contributed by atoms with van der Waals surface area (Å²) in [6, 6.07) is 10.2. The Hall–Kier alpha value is -2.45. The third-order valence-corrected chi connectivity index (χ3v) is 7.88. The maximum Gasteiger partial charge on any atom is 0.283 e. The molecule has 164 valence electrons. The zero-order valence-corrected chi connectivity index (χ0v) is 20.5. The Morgan fingerprint density at radius 1 is 1.16 bits per heavy atom. The van der Waals surface area contributed by atoms with Gasteiger partial charge in [0, 0.05) is 27.5 Å². The lowest BCUT2D eigenvalue weighted by atomic mass is 9.90. The van der Waals surface area contributed by atoms with Gasteiger partial charge in [-0.15, -0.1) is 0 Å². The molecule has 1 saturated carbocycles. The Morgan fingerprint density at radius 2 is 1.88 bits per heavy atom. The van der Waals surface area contributed by atoms with Gasteiger partial charge in [0.1, 0.15) is 5.04 Å². The average Bonchev–Trinajstić information content (AvgIpc) is 3.33. The lowest BCUT2D eigenvalue weighted by Gasteiger charge is -2.20. The molecule has 1 aliphatic carbocycles. The van der Waals surface area contributed by atoms with E-state index in [-0.39, 0.29) is 17.3 Å². The van der Waals surface area contributed by atoms with E-state index >= 15 is 0 Å². The van der Waals surface area contributed by atoms with Crippen molar-refractivity contribution in [2.24, 2.45) is 16.0 Å². The number of aliphatic imine (C=N–C) groups is 1. The molecule has 2 aromatic rings. The van der Waals surface area contributed by atoms with Crippen LogP contribution >= 0.6 is 27.7 Å². The van der Waals surface area contributed by atoms with Crippen LogP contribution in [0.5, 0.6) is 0 Å². The average molecular weight is 510 g/mol. The summed E-state index contributed by atoms with van der Waals surface area (Å²) in [6.45, 7) is 4.07. The fraction of sp³-hybridized carbons (Fsp3) is 0.333. The highest BCUT2D eigenvalue weighted by Gasteiger charge is 2.38. The fourth-order valence-electron chi connectivity index (χ4n) is 4.60. The van der Waals surface area contributed by atoms with Gasteiger partial charge in [-0.05, 0) is 80.4 Å². The molecule has 0 saturated heterocycles. The summed E-state index contributed by atoms with van der Waals surface area (Å²) in [7, 11) is 0. The molecule has 1 fully saturated rings. The van der Waals surface area contributed by atoms with E-state index in [1.54, 1.807) is 6.08 Å². The molecule has 1 aromatic carbocycles. The minimum atomic E-state index is -0.373. The molecule has 1 N–H and O–H groups in total. The Morgan fingerprint density at radius 3 is 2.59 bits per heavy atom. The van der Waals surface area contributed by atoms with Crippen LogP contribution in [-0.2, 0) is 4.79 Å². The van der Waals surface area contributed by atoms with Gasteiger partial charge in [0.05, 0.1) is 5.57 Å². The number of hydrazone groups is 1. The van der Waals surface area contributed by atoms with Crippen LogP contribution in [0.1, 0.15) is 49.1 Å². The number of benzene rings is 1. The van der Waals surface area contributed by atoms with Crippen LogP contribution in [0.25, 0.3) is 11.8 Å². The normalized spacial score (nSPS) is 20.6. The van der Waals surface area contributed by atoms with Crippen LogP contribution < -0.4 is 0 Å². The van der Waals surface area contributed by atoms with Crippen molar-refractivity contribution in [3.63, 3.8) is 0 Å². The molecule has 0 spiro atoms. The SMILES string of the molecule is Cc1cc(C=C2C(=N)N3N=C(C4CCCCC4)SC3=NC2=O)c(C)n1-c1ccc(Br)cc1. The zero-order chi connectivity index (χ0) is 22.4. The molecule has 0 bridgehead atoms. The third-order valence-electron chi connectivity index (χ3n) is 6.28. The Kier molecular flexibility index (Phi) is 5.67. The second-order valence-electron chi connectivity index (χ2n) is 8.43. The predicted octanol–water partition coefficient (Wildman–Crippen LogP) is 6.06. The van der Waals surface area contributed by atoms with Gasteiger partial charge in [0.25, 0.3) is 5.91 Å². The first-order valence-electron chi connectivity index (χ1n) is 10.9. The number of thioether (sulfide) groups is 1. The van der Waals surface area contributed by atoms with Crippen molar-refractivity contribution in [3.8, 4) is 5.69 Å². The highest BCUT2D eigenvalue weighted by molar-refractivity contribution is 9.10. The summed E-state index contributed by atoms with van der Waals surface area (Å²) in [6.07, 6.45) is 7.73. The number of hydrogen-bond donors (Lipinski definition) is 1. The van der Waals surface area contributed by atoms with Crippen molar-refractivity contribution in [1.82, 2.24) is 9.58 Å². The van der Waals surface area contributed by atoms with Gasteiger partial charge in [0.15, 0.2) is 5.84 Å². The van der Waals surface area contributed by atoms with E-state index < -0.39 is 0 Å². The van der Waals surface area contributed by atoms with E-state index in [4.69, 9.17) is 10.5 Å². The molecule has 6 nitrogen and oxygen atoms in total. The van der Waals surface area contributed by atoms with Crippen molar-refractivity contribution in [2.45, 2.75) is 46.0 Å². The summed E-state index contributed by atoms with van der Waals surface area (Å²) in [4.78, 5) is 17.1. The number of hydrogen-bond acceptors (Lipinski definition) is 4.